The second-order valence-corrected chi connectivity index (χ2v) is 5.99. The molecule has 0 unspecified atom stereocenters. The van der Waals surface area contributed by atoms with E-state index in [2.05, 4.69) is 5.32 Å². The average Bonchev–Trinajstić information content (AvgIpc) is 2.61. The van der Waals surface area contributed by atoms with E-state index in [9.17, 15) is 9.59 Å². The van der Waals surface area contributed by atoms with Crippen molar-refractivity contribution in [1.29, 1.82) is 0 Å². The maximum Gasteiger partial charge on any atom is 0.254 e. The van der Waals surface area contributed by atoms with E-state index in [1.165, 1.54) is 0 Å². The summed E-state index contributed by atoms with van der Waals surface area (Å²) in [4.78, 5) is 26.6. The molecule has 1 fully saturated rings. The molecular formula is C19H22N2O2. The average molecular weight is 310 g/mol. The fourth-order valence-electron chi connectivity index (χ4n) is 3.25. The van der Waals surface area contributed by atoms with Crippen LogP contribution in [0.25, 0.3) is 10.8 Å². The Kier molecular flexibility index (Phi) is 4.60. The molecule has 2 aromatic carbocycles. The number of amides is 2. The number of hydrogen-bond acceptors (Lipinski definition) is 2. The Morgan fingerprint density at radius 3 is 2.52 bits per heavy atom. The van der Waals surface area contributed by atoms with Crippen molar-refractivity contribution in [3.05, 3.63) is 48.0 Å². The first-order valence-electron chi connectivity index (χ1n) is 8.25. The molecule has 0 bridgehead atoms. The molecule has 1 heterocycles. The third-order valence-electron chi connectivity index (χ3n) is 4.52. The van der Waals surface area contributed by atoms with Crippen LogP contribution in [0, 0.1) is 5.92 Å². The normalized spacial score (nSPS) is 15.6. The molecule has 4 heteroatoms. The zero-order valence-electron chi connectivity index (χ0n) is 13.4. The third kappa shape index (κ3) is 3.21. The minimum atomic E-state index is 0.0338. The summed E-state index contributed by atoms with van der Waals surface area (Å²) in [5.74, 6) is 0.215. The van der Waals surface area contributed by atoms with Gasteiger partial charge in [-0.15, -0.1) is 0 Å². The van der Waals surface area contributed by atoms with Crippen LogP contribution >= 0.6 is 0 Å². The van der Waals surface area contributed by atoms with Crippen LogP contribution < -0.4 is 5.32 Å². The van der Waals surface area contributed by atoms with Gasteiger partial charge in [-0.05, 0) is 36.6 Å². The lowest BCUT2D eigenvalue weighted by Crippen LogP contribution is -2.43. The Hall–Kier alpha value is -2.36. The van der Waals surface area contributed by atoms with Gasteiger partial charge < -0.3 is 10.2 Å². The molecule has 23 heavy (non-hydrogen) atoms. The first-order valence-corrected chi connectivity index (χ1v) is 8.25. The fraction of sp³-hybridized carbons (Fsp3) is 0.368. The number of hydrogen-bond donors (Lipinski definition) is 1. The minimum absolute atomic E-state index is 0.0338. The van der Waals surface area contributed by atoms with Gasteiger partial charge in [0.25, 0.3) is 5.91 Å². The van der Waals surface area contributed by atoms with Gasteiger partial charge in [0.15, 0.2) is 0 Å². The van der Waals surface area contributed by atoms with Crippen LogP contribution in [0.4, 0.5) is 0 Å². The highest BCUT2D eigenvalue weighted by Crippen LogP contribution is 2.23. The van der Waals surface area contributed by atoms with Crippen LogP contribution in [0.5, 0.6) is 0 Å². The largest absolute Gasteiger partial charge is 0.356 e. The van der Waals surface area contributed by atoms with Gasteiger partial charge in [-0.25, -0.2) is 0 Å². The zero-order chi connectivity index (χ0) is 16.2. The smallest absolute Gasteiger partial charge is 0.254 e. The lowest BCUT2D eigenvalue weighted by Gasteiger charge is -2.31. The van der Waals surface area contributed by atoms with Crippen LogP contribution in [-0.4, -0.2) is 36.3 Å². The van der Waals surface area contributed by atoms with Crippen LogP contribution in [0.2, 0.25) is 0 Å². The lowest BCUT2D eigenvalue weighted by molar-refractivity contribution is -0.126. The number of nitrogens with one attached hydrogen (secondary N) is 1. The minimum Gasteiger partial charge on any atom is -0.356 e. The number of benzene rings is 2. The quantitative estimate of drug-likeness (QED) is 0.947. The van der Waals surface area contributed by atoms with E-state index in [1.54, 1.807) is 0 Å². The molecule has 4 nitrogen and oxygen atoms in total. The van der Waals surface area contributed by atoms with Gasteiger partial charge in [-0.2, -0.15) is 0 Å². The molecule has 0 saturated carbocycles. The maximum atomic E-state index is 12.8. The predicted octanol–water partition coefficient (Wildman–Crippen LogP) is 2.83. The second-order valence-electron chi connectivity index (χ2n) is 5.99. The summed E-state index contributed by atoms with van der Waals surface area (Å²) in [5, 5.41) is 4.94. The van der Waals surface area contributed by atoms with Crippen molar-refractivity contribution >= 4 is 22.6 Å². The molecule has 0 spiro atoms. The van der Waals surface area contributed by atoms with Crippen molar-refractivity contribution in [2.75, 3.05) is 19.6 Å². The van der Waals surface area contributed by atoms with Crippen molar-refractivity contribution in [3.8, 4) is 0 Å². The molecule has 1 saturated heterocycles. The molecule has 1 aliphatic rings. The third-order valence-corrected chi connectivity index (χ3v) is 4.52. The van der Waals surface area contributed by atoms with Crippen molar-refractivity contribution in [2.45, 2.75) is 19.8 Å². The highest BCUT2D eigenvalue weighted by Gasteiger charge is 2.27. The van der Waals surface area contributed by atoms with Crippen LogP contribution in [0.15, 0.2) is 42.5 Å². The standard InChI is InChI=1S/C19H22N2O2/c1-2-20-18(22)15-10-12-21(13-11-15)19(23)17-9-5-7-14-6-3-4-8-16(14)17/h3-9,15H,2,10-13H2,1H3,(H,20,22). The summed E-state index contributed by atoms with van der Waals surface area (Å²) in [6, 6.07) is 13.8. The Morgan fingerprint density at radius 1 is 1.09 bits per heavy atom. The highest BCUT2D eigenvalue weighted by molar-refractivity contribution is 6.07. The van der Waals surface area contributed by atoms with Gasteiger partial charge >= 0.3 is 0 Å². The second kappa shape index (κ2) is 6.82. The van der Waals surface area contributed by atoms with E-state index < -0.39 is 0 Å². The maximum absolute atomic E-state index is 12.8. The van der Waals surface area contributed by atoms with Gasteiger partial charge in [-0.3, -0.25) is 9.59 Å². The first kappa shape index (κ1) is 15.5. The molecule has 0 radical (unpaired) electrons. The van der Waals surface area contributed by atoms with E-state index >= 15 is 0 Å². The molecule has 1 N–H and O–H groups in total. The zero-order valence-corrected chi connectivity index (χ0v) is 13.4. The molecule has 0 atom stereocenters. The number of fused-ring (bicyclic) bond motifs is 1. The molecular weight excluding hydrogens is 288 g/mol. The summed E-state index contributed by atoms with van der Waals surface area (Å²) in [6.07, 6.45) is 1.48. The number of carbonyl (C=O) groups excluding carboxylic acids is 2. The molecule has 2 aromatic rings. The summed E-state index contributed by atoms with van der Waals surface area (Å²) >= 11 is 0. The van der Waals surface area contributed by atoms with Crippen molar-refractivity contribution in [2.24, 2.45) is 5.92 Å². The summed E-state index contributed by atoms with van der Waals surface area (Å²) < 4.78 is 0. The van der Waals surface area contributed by atoms with Crippen LogP contribution in [0.3, 0.4) is 0 Å². The van der Waals surface area contributed by atoms with E-state index in [0.29, 0.717) is 19.6 Å². The SMILES string of the molecule is CCNC(=O)C1CCN(C(=O)c2cccc3ccccc23)CC1. The highest BCUT2D eigenvalue weighted by atomic mass is 16.2. The van der Waals surface area contributed by atoms with Crippen molar-refractivity contribution in [3.63, 3.8) is 0 Å². The Morgan fingerprint density at radius 2 is 1.78 bits per heavy atom. The van der Waals surface area contributed by atoms with E-state index in [-0.39, 0.29) is 17.7 Å². The number of nitrogens with zero attached hydrogens (tertiary/aromatic N) is 1. The molecule has 3 rings (SSSR count). The first-order chi connectivity index (χ1) is 11.2. The number of carbonyl (C=O) groups is 2. The Bertz CT molecular complexity index is 713. The fourth-order valence-corrected chi connectivity index (χ4v) is 3.25. The van der Waals surface area contributed by atoms with Gasteiger partial charge in [0.05, 0.1) is 0 Å². The summed E-state index contributed by atoms with van der Waals surface area (Å²) in [6.45, 7) is 3.87. The Labute approximate surface area is 136 Å². The number of piperidine rings is 1. The lowest BCUT2D eigenvalue weighted by atomic mass is 9.95. The molecule has 1 aliphatic heterocycles. The van der Waals surface area contributed by atoms with Crippen LogP contribution in [0.1, 0.15) is 30.1 Å². The molecule has 0 aliphatic carbocycles. The van der Waals surface area contributed by atoms with Crippen molar-refractivity contribution in [1.82, 2.24) is 10.2 Å². The summed E-state index contributed by atoms with van der Waals surface area (Å²) in [7, 11) is 0. The van der Waals surface area contributed by atoms with E-state index in [4.69, 9.17) is 0 Å². The van der Waals surface area contributed by atoms with Crippen LogP contribution in [-0.2, 0) is 4.79 Å². The Balaban J connectivity index is 1.73. The van der Waals surface area contributed by atoms with Crippen molar-refractivity contribution < 1.29 is 9.59 Å². The molecule has 2 amide bonds. The van der Waals surface area contributed by atoms with Gasteiger partial charge in [-0.1, -0.05) is 36.4 Å². The van der Waals surface area contributed by atoms with E-state index in [0.717, 1.165) is 29.2 Å². The monoisotopic (exact) mass is 310 g/mol. The topological polar surface area (TPSA) is 49.4 Å². The predicted molar refractivity (Wildman–Crippen MR) is 91.3 cm³/mol. The van der Waals surface area contributed by atoms with Gasteiger partial charge in [0.1, 0.15) is 0 Å². The van der Waals surface area contributed by atoms with Gasteiger partial charge in [0, 0.05) is 31.1 Å². The molecule has 0 aromatic heterocycles. The number of rotatable bonds is 3. The van der Waals surface area contributed by atoms with E-state index in [1.807, 2.05) is 54.3 Å². The molecule has 120 valence electrons. The number of likely N-dealkylation sites (tertiary alicyclic amines) is 1. The summed E-state index contributed by atoms with van der Waals surface area (Å²) in [5.41, 5.74) is 0.750. The van der Waals surface area contributed by atoms with Gasteiger partial charge in [0.2, 0.25) is 5.91 Å².